The smallest absolute Gasteiger partial charge is 0.417 e. The Labute approximate surface area is 182 Å². The van der Waals surface area contributed by atoms with E-state index in [1.807, 2.05) is 13.8 Å². The van der Waals surface area contributed by atoms with Crippen molar-refractivity contribution in [3.05, 3.63) is 12.2 Å². The van der Waals surface area contributed by atoms with Crippen LogP contribution in [-0.2, 0) is 28.7 Å². The second-order valence-corrected chi connectivity index (χ2v) is 8.57. The molecule has 0 aromatic heterocycles. The fourth-order valence-electron chi connectivity index (χ4n) is 3.79. The minimum absolute atomic E-state index is 0.0306. The average molecular weight is 440 g/mol. The topological polar surface area (TPSA) is 127 Å². The highest BCUT2D eigenvalue weighted by Gasteiger charge is 2.53. The molecule has 1 heterocycles. The molecule has 1 fully saturated rings. The number of unbranched alkanes of at least 4 members (excludes halogenated alkanes) is 1. The monoisotopic (exact) mass is 439 g/mol. The lowest BCUT2D eigenvalue weighted by atomic mass is 9.87. The van der Waals surface area contributed by atoms with Crippen LogP contribution in [0.5, 0.6) is 0 Å². The molecule has 1 N–H and O–H groups in total. The summed E-state index contributed by atoms with van der Waals surface area (Å²) in [5, 5.41) is 8.76. The molecule has 1 rings (SSSR count). The lowest BCUT2D eigenvalue weighted by Crippen LogP contribution is -2.52. The van der Waals surface area contributed by atoms with Crippen LogP contribution in [-0.4, -0.2) is 63.9 Å². The molecule has 0 radical (unpaired) electrons. The molecular weight excluding hydrogens is 406 g/mol. The number of cyclic esters (lactones) is 1. The summed E-state index contributed by atoms with van der Waals surface area (Å²) < 4.78 is 10.4. The third-order valence-corrected chi connectivity index (χ3v) is 5.09. The fraction of sp³-hybridized carbons (Fsp3) is 0.682. The van der Waals surface area contributed by atoms with Crippen LogP contribution < -0.4 is 0 Å². The molecule has 0 bridgehead atoms. The van der Waals surface area contributed by atoms with Crippen molar-refractivity contribution in [1.82, 2.24) is 4.90 Å². The molecule has 1 aliphatic rings. The predicted molar refractivity (Wildman–Crippen MR) is 111 cm³/mol. The summed E-state index contributed by atoms with van der Waals surface area (Å²) in [6, 6.07) is -0.563. The van der Waals surface area contributed by atoms with Crippen molar-refractivity contribution in [2.45, 2.75) is 78.6 Å². The van der Waals surface area contributed by atoms with Crippen molar-refractivity contribution in [3.8, 4) is 0 Å². The molecule has 31 heavy (non-hydrogen) atoms. The number of hydrogen-bond donors (Lipinski definition) is 1. The number of rotatable bonds is 11. The Hall–Kier alpha value is -2.55. The number of aliphatic hydroxyl groups excluding tert-OH is 1. The van der Waals surface area contributed by atoms with E-state index in [2.05, 4.69) is 0 Å². The average Bonchev–Trinajstić information content (AvgIpc) is 2.91. The van der Waals surface area contributed by atoms with E-state index in [0.29, 0.717) is 12.8 Å². The van der Waals surface area contributed by atoms with Gasteiger partial charge in [0.05, 0.1) is 12.0 Å². The quantitative estimate of drug-likeness (QED) is 0.295. The molecule has 0 spiro atoms. The van der Waals surface area contributed by atoms with E-state index in [4.69, 9.17) is 14.6 Å². The SMILES string of the molecule is CC(=O)OC(C(=O)C=CC(=O)CCCCO)C(C)C(=O)N1C(=O)OC(C)(C)C1C(C)C. The maximum atomic E-state index is 13.2. The molecule has 0 saturated carbocycles. The van der Waals surface area contributed by atoms with Crippen LogP contribution in [0.25, 0.3) is 0 Å². The number of aliphatic hydroxyl groups is 1. The molecule has 9 nitrogen and oxygen atoms in total. The molecule has 3 atom stereocenters. The molecule has 3 unspecified atom stereocenters. The molecule has 0 aromatic carbocycles. The van der Waals surface area contributed by atoms with Gasteiger partial charge in [0.15, 0.2) is 17.7 Å². The Balaban J connectivity index is 3.06. The highest BCUT2D eigenvalue weighted by atomic mass is 16.6. The summed E-state index contributed by atoms with van der Waals surface area (Å²) in [4.78, 5) is 62.6. The van der Waals surface area contributed by atoms with Gasteiger partial charge in [-0.15, -0.1) is 0 Å². The summed E-state index contributed by atoms with van der Waals surface area (Å²) in [7, 11) is 0. The van der Waals surface area contributed by atoms with E-state index >= 15 is 0 Å². The van der Waals surface area contributed by atoms with Gasteiger partial charge in [-0.05, 0) is 51.7 Å². The van der Waals surface area contributed by atoms with Crippen molar-refractivity contribution in [2.24, 2.45) is 11.8 Å². The van der Waals surface area contributed by atoms with Gasteiger partial charge in [0.1, 0.15) is 5.60 Å². The molecule has 174 valence electrons. The van der Waals surface area contributed by atoms with E-state index in [9.17, 15) is 24.0 Å². The first-order valence-corrected chi connectivity index (χ1v) is 10.4. The van der Waals surface area contributed by atoms with Crippen molar-refractivity contribution in [2.75, 3.05) is 6.61 Å². The second-order valence-electron chi connectivity index (χ2n) is 8.57. The lowest BCUT2D eigenvalue weighted by Gasteiger charge is -2.33. The normalized spacial score (nSPS) is 19.9. The van der Waals surface area contributed by atoms with Gasteiger partial charge in [0, 0.05) is 20.0 Å². The van der Waals surface area contributed by atoms with E-state index in [-0.39, 0.29) is 24.7 Å². The fourth-order valence-corrected chi connectivity index (χ4v) is 3.79. The highest BCUT2D eigenvalue weighted by molar-refractivity contribution is 6.04. The van der Waals surface area contributed by atoms with Crippen LogP contribution in [0.2, 0.25) is 0 Å². The molecule has 9 heteroatoms. The third kappa shape index (κ3) is 6.99. The van der Waals surface area contributed by atoms with Crippen LogP contribution in [0.1, 0.15) is 60.8 Å². The Bertz CT molecular complexity index is 740. The standard InChI is InChI=1S/C22H33NO8/c1-13(2)19-22(5,6)31-21(29)23(19)20(28)14(3)18(30-15(4)25)17(27)11-10-16(26)9-7-8-12-24/h10-11,13-14,18-19,24H,7-9,12H2,1-6H3. The number of allylic oxidation sites excluding steroid dienone is 1. The van der Waals surface area contributed by atoms with Crippen LogP contribution in [0.15, 0.2) is 12.2 Å². The van der Waals surface area contributed by atoms with E-state index in [1.165, 1.54) is 6.92 Å². The number of amides is 2. The molecule has 1 aliphatic heterocycles. The van der Waals surface area contributed by atoms with Crippen molar-refractivity contribution < 1.29 is 38.6 Å². The zero-order chi connectivity index (χ0) is 23.9. The lowest BCUT2D eigenvalue weighted by molar-refractivity contribution is -0.158. The van der Waals surface area contributed by atoms with Crippen LogP contribution in [0.4, 0.5) is 4.79 Å². The number of hydrogen-bond acceptors (Lipinski definition) is 8. The Morgan fingerprint density at radius 2 is 1.77 bits per heavy atom. The maximum absolute atomic E-state index is 13.2. The zero-order valence-corrected chi connectivity index (χ0v) is 19.0. The summed E-state index contributed by atoms with van der Waals surface area (Å²) >= 11 is 0. The van der Waals surface area contributed by atoms with E-state index in [0.717, 1.165) is 24.0 Å². The molecule has 2 amide bonds. The maximum Gasteiger partial charge on any atom is 0.417 e. The summed E-state index contributed by atoms with van der Waals surface area (Å²) in [6.45, 7) is 9.56. The van der Waals surface area contributed by atoms with Gasteiger partial charge in [-0.3, -0.25) is 19.2 Å². The first-order chi connectivity index (χ1) is 14.3. The minimum Gasteiger partial charge on any atom is -0.453 e. The summed E-state index contributed by atoms with van der Waals surface area (Å²) in [5.41, 5.74) is -0.914. The minimum atomic E-state index is -1.49. The molecule has 1 saturated heterocycles. The first kappa shape index (κ1) is 26.5. The van der Waals surface area contributed by atoms with Gasteiger partial charge < -0.3 is 14.6 Å². The third-order valence-electron chi connectivity index (χ3n) is 5.09. The summed E-state index contributed by atoms with van der Waals surface area (Å²) in [6.07, 6.45) is 0.832. The van der Waals surface area contributed by atoms with E-state index in [1.54, 1.807) is 13.8 Å². The van der Waals surface area contributed by atoms with Gasteiger partial charge in [0.2, 0.25) is 5.91 Å². The van der Waals surface area contributed by atoms with Crippen molar-refractivity contribution in [3.63, 3.8) is 0 Å². The van der Waals surface area contributed by atoms with Crippen LogP contribution in [0.3, 0.4) is 0 Å². The van der Waals surface area contributed by atoms with Gasteiger partial charge in [0.25, 0.3) is 0 Å². The number of nitrogens with zero attached hydrogens (tertiary/aromatic N) is 1. The molecule has 0 aromatic rings. The largest absolute Gasteiger partial charge is 0.453 e. The molecule has 0 aliphatic carbocycles. The number of imide groups is 1. The zero-order valence-electron chi connectivity index (χ0n) is 19.0. The van der Waals surface area contributed by atoms with Crippen LogP contribution in [0, 0.1) is 11.8 Å². The highest BCUT2D eigenvalue weighted by Crippen LogP contribution is 2.35. The van der Waals surface area contributed by atoms with Gasteiger partial charge in [-0.25, -0.2) is 9.69 Å². The Morgan fingerprint density at radius 3 is 2.29 bits per heavy atom. The summed E-state index contributed by atoms with van der Waals surface area (Å²) in [5.74, 6) is -3.82. The van der Waals surface area contributed by atoms with E-state index < -0.39 is 47.4 Å². The number of esters is 1. The second kappa shape index (κ2) is 11.2. The van der Waals surface area contributed by atoms with Crippen molar-refractivity contribution in [1.29, 1.82) is 0 Å². The van der Waals surface area contributed by atoms with Gasteiger partial charge in [-0.1, -0.05) is 13.8 Å². The Kier molecular flexibility index (Phi) is 9.55. The van der Waals surface area contributed by atoms with Crippen LogP contribution >= 0.6 is 0 Å². The number of carbonyl (C=O) groups is 5. The number of carbonyl (C=O) groups excluding carboxylic acids is 5. The predicted octanol–water partition coefficient (Wildman–Crippen LogP) is 2.19. The first-order valence-electron chi connectivity index (χ1n) is 10.4. The number of ether oxygens (including phenoxy) is 2. The van der Waals surface area contributed by atoms with Gasteiger partial charge >= 0.3 is 12.1 Å². The Morgan fingerprint density at radius 1 is 1.16 bits per heavy atom. The molecular formula is C22H33NO8. The number of ketones is 2. The van der Waals surface area contributed by atoms with Crippen molar-refractivity contribution >= 4 is 29.5 Å². The van der Waals surface area contributed by atoms with Gasteiger partial charge in [-0.2, -0.15) is 0 Å².